The Morgan fingerprint density at radius 1 is 1.23 bits per heavy atom. The molecule has 5 nitrogen and oxygen atoms in total. The van der Waals surface area contributed by atoms with Crippen LogP contribution >= 0.6 is 35.7 Å². The van der Waals surface area contributed by atoms with Gasteiger partial charge in [0.25, 0.3) is 0 Å². The highest BCUT2D eigenvalue weighted by Crippen LogP contribution is 2.21. The average molecular weight is 495 g/mol. The number of methoxy groups -OCH3 is 1. The maximum absolute atomic E-state index is 5.93. The summed E-state index contributed by atoms with van der Waals surface area (Å²) in [6.07, 6.45) is 3.00. The fraction of sp³-hybridized carbons (Fsp3) is 0.632. The van der Waals surface area contributed by atoms with Gasteiger partial charge in [-0.3, -0.25) is 4.99 Å². The lowest BCUT2D eigenvalue weighted by molar-refractivity contribution is 0.171. The van der Waals surface area contributed by atoms with E-state index in [1.54, 1.807) is 14.2 Å². The van der Waals surface area contributed by atoms with Crippen molar-refractivity contribution in [1.29, 1.82) is 0 Å². The number of nitrogens with one attached hydrogen (secondary N) is 2. The summed E-state index contributed by atoms with van der Waals surface area (Å²) in [4.78, 5) is 4.30. The van der Waals surface area contributed by atoms with Gasteiger partial charge < -0.3 is 20.1 Å². The number of thioether (sulfide) groups is 1. The van der Waals surface area contributed by atoms with Crippen molar-refractivity contribution in [3.63, 3.8) is 0 Å². The minimum atomic E-state index is 0. The van der Waals surface area contributed by atoms with Crippen LogP contribution in [0.15, 0.2) is 23.2 Å². The molecule has 0 amide bonds. The van der Waals surface area contributed by atoms with Crippen molar-refractivity contribution in [1.82, 2.24) is 10.6 Å². The van der Waals surface area contributed by atoms with Crippen LogP contribution in [0.1, 0.15) is 31.4 Å². The van der Waals surface area contributed by atoms with Gasteiger partial charge in [-0.25, -0.2) is 0 Å². The Bertz CT molecular complexity index is 554. The number of guanidine groups is 1. The topological polar surface area (TPSA) is 54.9 Å². The van der Waals surface area contributed by atoms with Crippen LogP contribution in [0, 0.1) is 6.92 Å². The van der Waals surface area contributed by atoms with E-state index in [9.17, 15) is 0 Å². The fourth-order valence-corrected chi connectivity index (χ4v) is 2.31. The molecule has 0 unspecified atom stereocenters. The summed E-state index contributed by atoms with van der Waals surface area (Å²) in [5, 5.41) is 6.75. The Morgan fingerprint density at radius 3 is 2.58 bits per heavy atom. The van der Waals surface area contributed by atoms with Crippen LogP contribution in [0.4, 0.5) is 0 Å². The summed E-state index contributed by atoms with van der Waals surface area (Å²) in [7, 11) is 3.50. The molecule has 26 heavy (non-hydrogen) atoms. The minimum Gasteiger partial charge on any atom is -0.493 e. The van der Waals surface area contributed by atoms with Gasteiger partial charge in [0.1, 0.15) is 5.75 Å². The summed E-state index contributed by atoms with van der Waals surface area (Å²) in [6.45, 7) is 9.37. The van der Waals surface area contributed by atoms with Gasteiger partial charge in [-0.05, 0) is 38.7 Å². The van der Waals surface area contributed by atoms with Gasteiger partial charge >= 0.3 is 0 Å². The first kappa shape index (κ1) is 25.3. The quantitative estimate of drug-likeness (QED) is 0.224. The monoisotopic (exact) mass is 495 g/mol. The number of aliphatic imine (C=N–C) groups is 1. The van der Waals surface area contributed by atoms with E-state index < -0.39 is 0 Å². The summed E-state index contributed by atoms with van der Waals surface area (Å²) in [5.74, 6) is 1.72. The largest absolute Gasteiger partial charge is 0.493 e. The first-order valence-electron chi connectivity index (χ1n) is 8.63. The molecule has 0 bridgehead atoms. The molecule has 0 atom stereocenters. The third-order valence-corrected chi connectivity index (χ3v) is 5.13. The van der Waals surface area contributed by atoms with Crippen molar-refractivity contribution in [3.8, 4) is 5.75 Å². The maximum Gasteiger partial charge on any atom is 0.191 e. The van der Waals surface area contributed by atoms with Crippen LogP contribution in [0.3, 0.4) is 0 Å². The van der Waals surface area contributed by atoms with Crippen molar-refractivity contribution in [2.45, 2.75) is 38.5 Å². The third-order valence-electron chi connectivity index (χ3n) is 3.88. The van der Waals surface area contributed by atoms with E-state index in [0.717, 1.165) is 30.2 Å². The summed E-state index contributed by atoms with van der Waals surface area (Å²) >= 11 is 1.84. The standard InChI is InChI=1S/C19H33N3O2S.HI/c1-15-8-9-16(17(12-15)24-11-7-10-23-5)13-21-18(20-4)22-14-19(2,3)25-6;/h8-9,12H,7,10-11,13-14H2,1-6H3,(H2,20,21,22);1H. The molecule has 0 aromatic heterocycles. The molecule has 0 radical (unpaired) electrons. The third kappa shape index (κ3) is 9.87. The fourth-order valence-electron chi connectivity index (χ4n) is 2.10. The molecule has 1 aromatic carbocycles. The van der Waals surface area contributed by atoms with Crippen LogP contribution in [0.2, 0.25) is 0 Å². The van der Waals surface area contributed by atoms with Crippen LogP contribution in [0.25, 0.3) is 0 Å². The second-order valence-corrected chi connectivity index (χ2v) is 8.06. The molecule has 0 spiro atoms. The Balaban J connectivity index is 0.00000625. The van der Waals surface area contributed by atoms with Crippen molar-refractivity contribution in [2.75, 3.05) is 40.2 Å². The molecule has 150 valence electrons. The predicted octanol–water partition coefficient (Wildman–Crippen LogP) is 3.83. The second-order valence-electron chi connectivity index (χ2n) is 6.55. The van der Waals surface area contributed by atoms with Gasteiger partial charge in [0, 0.05) is 50.6 Å². The van der Waals surface area contributed by atoms with Gasteiger partial charge in [0.15, 0.2) is 5.96 Å². The first-order valence-corrected chi connectivity index (χ1v) is 9.85. The Hall–Kier alpha value is -0.670. The van der Waals surface area contributed by atoms with E-state index >= 15 is 0 Å². The molecular formula is C19H34IN3O2S. The Labute approximate surface area is 180 Å². The number of rotatable bonds is 10. The smallest absolute Gasteiger partial charge is 0.191 e. The minimum absolute atomic E-state index is 0. The average Bonchev–Trinajstić information content (AvgIpc) is 2.60. The van der Waals surface area contributed by atoms with Crippen molar-refractivity contribution in [3.05, 3.63) is 29.3 Å². The number of halogens is 1. The van der Waals surface area contributed by atoms with Crippen LogP contribution in [-0.4, -0.2) is 50.9 Å². The summed E-state index contributed by atoms with van der Waals surface area (Å²) < 4.78 is 11.2. The normalized spacial score (nSPS) is 11.7. The number of hydrogen-bond donors (Lipinski definition) is 2. The van der Waals surface area contributed by atoms with Gasteiger partial charge in [-0.1, -0.05) is 12.1 Å². The highest BCUT2D eigenvalue weighted by molar-refractivity contribution is 14.0. The zero-order chi connectivity index (χ0) is 18.7. The molecule has 2 N–H and O–H groups in total. The van der Waals surface area contributed by atoms with E-state index in [1.165, 1.54) is 5.56 Å². The van der Waals surface area contributed by atoms with Crippen LogP contribution in [-0.2, 0) is 11.3 Å². The van der Waals surface area contributed by atoms with Gasteiger partial charge in [-0.2, -0.15) is 11.8 Å². The number of hydrogen-bond acceptors (Lipinski definition) is 4. The van der Waals surface area contributed by atoms with Crippen molar-refractivity contribution >= 4 is 41.7 Å². The first-order chi connectivity index (χ1) is 11.9. The molecular weight excluding hydrogens is 461 g/mol. The number of nitrogens with zero attached hydrogens (tertiary/aromatic N) is 1. The number of benzene rings is 1. The van der Waals surface area contributed by atoms with Crippen LogP contribution in [0.5, 0.6) is 5.75 Å². The molecule has 0 saturated carbocycles. The molecule has 0 saturated heterocycles. The van der Waals surface area contributed by atoms with Crippen molar-refractivity contribution < 1.29 is 9.47 Å². The predicted molar refractivity (Wildman–Crippen MR) is 124 cm³/mol. The SMILES string of the molecule is CN=C(NCc1ccc(C)cc1OCCCOC)NCC(C)(C)SC.I. The molecule has 0 heterocycles. The second kappa shape index (κ2) is 13.5. The highest BCUT2D eigenvalue weighted by Gasteiger charge is 2.16. The maximum atomic E-state index is 5.93. The number of ether oxygens (including phenoxy) is 2. The number of aryl methyl sites for hydroxylation is 1. The summed E-state index contributed by atoms with van der Waals surface area (Å²) in [6, 6.07) is 6.29. The molecule has 0 fully saturated rings. The molecule has 0 aliphatic rings. The zero-order valence-corrected chi connectivity index (χ0v) is 20.0. The van der Waals surface area contributed by atoms with Crippen molar-refractivity contribution in [2.24, 2.45) is 4.99 Å². The van der Waals surface area contributed by atoms with E-state index in [4.69, 9.17) is 9.47 Å². The van der Waals surface area contributed by atoms with E-state index in [-0.39, 0.29) is 28.7 Å². The molecule has 0 aliphatic carbocycles. The zero-order valence-electron chi connectivity index (χ0n) is 16.8. The Morgan fingerprint density at radius 2 is 1.96 bits per heavy atom. The lowest BCUT2D eigenvalue weighted by Gasteiger charge is -2.24. The molecule has 0 aliphatic heterocycles. The van der Waals surface area contributed by atoms with Gasteiger partial charge in [-0.15, -0.1) is 24.0 Å². The summed E-state index contributed by atoms with van der Waals surface area (Å²) in [5.41, 5.74) is 2.31. The Kier molecular flexibility index (Phi) is 13.1. The van der Waals surface area contributed by atoms with Gasteiger partial charge in [0.05, 0.1) is 6.61 Å². The van der Waals surface area contributed by atoms with E-state index in [2.05, 4.69) is 60.9 Å². The van der Waals surface area contributed by atoms with Crippen LogP contribution < -0.4 is 15.4 Å². The lowest BCUT2D eigenvalue weighted by atomic mass is 10.1. The molecule has 1 aromatic rings. The highest BCUT2D eigenvalue weighted by atomic mass is 127. The van der Waals surface area contributed by atoms with E-state index in [0.29, 0.717) is 19.8 Å². The van der Waals surface area contributed by atoms with Gasteiger partial charge in [0.2, 0.25) is 0 Å². The lowest BCUT2D eigenvalue weighted by Crippen LogP contribution is -2.43. The molecule has 1 rings (SSSR count). The molecule has 7 heteroatoms. The van der Waals surface area contributed by atoms with E-state index in [1.807, 2.05) is 11.8 Å².